The average molecular weight is 358 g/mol. The Morgan fingerprint density at radius 2 is 1.96 bits per heavy atom. The van der Waals surface area contributed by atoms with E-state index >= 15 is 0 Å². The van der Waals surface area contributed by atoms with Gasteiger partial charge in [0.05, 0.1) is 17.6 Å². The smallest absolute Gasteiger partial charge is 0.308 e. The molecular weight excluding hydrogens is 336 g/mol. The summed E-state index contributed by atoms with van der Waals surface area (Å²) >= 11 is 0. The molecule has 2 N–H and O–H groups in total. The molecule has 1 saturated heterocycles. The Kier molecular flexibility index (Phi) is 4.82. The Morgan fingerprint density at radius 3 is 2.58 bits per heavy atom. The van der Waals surface area contributed by atoms with E-state index in [1.165, 1.54) is 6.92 Å². The van der Waals surface area contributed by atoms with Gasteiger partial charge in [0.2, 0.25) is 5.91 Å². The highest BCUT2D eigenvalue weighted by atomic mass is 16.4. The third-order valence-electron chi connectivity index (χ3n) is 5.05. The summed E-state index contributed by atoms with van der Waals surface area (Å²) in [5.41, 5.74) is 0.897. The fraction of sp³-hybridized carbons (Fsp3) is 0.421. The number of benzene rings is 1. The predicted molar refractivity (Wildman–Crippen MR) is 96.2 cm³/mol. The average Bonchev–Trinajstić information content (AvgIpc) is 3.15. The van der Waals surface area contributed by atoms with Gasteiger partial charge < -0.3 is 14.8 Å². The Bertz CT molecular complexity index is 872. The van der Waals surface area contributed by atoms with Gasteiger partial charge in [0.1, 0.15) is 5.58 Å². The number of para-hydroxylation sites is 1. The normalized spacial score (nSPS) is 21.7. The minimum absolute atomic E-state index is 0.0229. The van der Waals surface area contributed by atoms with Gasteiger partial charge in [-0.15, -0.1) is 0 Å². The second kappa shape index (κ2) is 6.92. The Morgan fingerprint density at radius 1 is 1.27 bits per heavy atom. The summed E-state index contributed by atoms with van der Waals surface area (Å²) in [4.78, 5) is 37.8. The molecule has 7 nitrogen and oxygen atoms in total. The third kappa shape index (κ3) is 3.22. The number of carboxylic acid groups (broad SMARTS) is 1. The van der Waals surface area contributed by atoms with Gasteiger partial charge in [-0.3, -0.25) is 19.3 Å². The van der Waals surface area contributed by atoms with Crippen LogP contribution in [-0.2, 0) is 9.59 Å². The van der Waals surface area contributed by atoms with Crippen molar-refractivity contribution >= 4 is 34.3 Å². The topological polar surface area (TPSA) is 99.9 Å². The highest BCUT2D eigenvalue weighted by Gasteiger charge is 2.38. The summed E-state index contributed by atoms with van der Waals surface area (Å²) in [6, 6.07) is 6.60. The van der Waals surface area contributed by atoms with E-state index in [-0.39, 0.29) is 23.4 Å². The number of ketones is 1. The van der Waals surface area contributed by atoms with Gasteiger partial charge >= 0.3 is 5.97 Å². The minimum Gasteiger partial charge on any atom is -0.481 e. The fourth-order valence-electron chi connectivity index (χ4n) is 3.45. The summed E-state index contributed by atoms with van der Waals surface area (Å²) in [5.74, 6) is -1.79. The highest BCUT2D eigenvalue weighted by Crippen LogP contribution is 2.32. The van der Waals surface area contributed by atoms with E-state index in [0.717, 1.165) is 0 Å². The third-order valence-corrected chi connectivity index (χ3v) is 5.05. The highest BCUT2D eigenvalue weighted by molar-refractivity contribution is 6.11. The number of carbonyl (C=O) groups is 3. The lowest BCUT2D eigenvalue weighted by Crippen LogP contribution is -2.41. The first-order valence-electron chi connectivity index (χ1n) is 8.59. The lowest BCUT2D eigenvalue weighted by molar-refractivity contribution is -0.142. The largest absolute Gasteiger partial charge is 0.481 e. The molecule has 2 heterocycles. The molecule has 1 aromatic carbocycles. The van der Waals surface area contributed by atoms with Crippen LogP contribution >= 0.6 is 0 Å². The number of Topliss-reactive ketones (excluding diaryl/α,β-unsaturated/α-hetero) is 1. The van der Waals surface area contributed by atoms with Crippen LogP contribution in [0.2, 0.25) is 0 Å². The minimum atomic E-state index is -0.840. The van der Waals surface area contributed by atoms with Crippen LogP contribution in [-0.4, -0.2) is 46.8 Å². The number of nitrogens with one attached hydrogen (secondary N) is 1. The molecule has 1 unspecified atom stereocenters. The van der Waals surface area contributed by atoms with Gasteiger partial charge in [-0.25, -0.2) is 0 Å². The second-order valence-corrected chi connectivity index (χ2v) is 6.90. The number of hydrogen-bond donors (Lipinski definition) is 2. The standard InChI is InChI=1S/C19H22N2O5/c1-10-8-21(9-14(10)19(24)25)11(2)18(23)20-16-13-6-4-5-7-15(13)26-17(16)12(3)22/h4-7,10-11,14H,8-9H2,1-3H3,(H,20,23)(H,24,25)/t10-,11?,14-/m1/s1. The van der Waals surface area contributed by atoms with E-state index in [0.29, 0.717) is 29.7 Å². The lowest BCUT2D eigenvalue weighted by Gasteiger charge is -2.23. The number of aliphatic carboxylic acids is 1. The molecule has 7 heteroatoms. The van der Waals surface area contributed by atoms with Gasteiger partial charge in [-0.05, 0) is 25.0 Å². The molecule has 1 aliphatic heterocycles. The molecular formula is C19H22N2O5. The molecule has 0 saturated carbocycles. The van der Waals surface area contributed by atoms with Crippen molar-refractivity contribution < 1.29 is 23.9 Å². The first-order chi connectivity index (χ1) is 12.3. The van der Waals surface area contributed by atoms with Crippen molar-refractivity contribution in [3.63, 3.8) is 0 Å². The van der Waals surface area contributed by atoms with E-state index in [1.807, 2.05) is 11.8 Å². The van der Waals surface area contributed by atoms with Crippen LogP contribution in [0.1, 0.15) is 31.3 Å². The molecule has 0 bridgehead atoms. The van der Waals surface area contributed by atoms with E-state index in [4.69, 9.17) is 4.42 Å². The Hall–Kier alpha value is -2.67. The lowest BCUT2D eigenvalue weighted by atomic mass is 9.99. The van der Waals surface area contributed by atoms with Crippen molar-refractivity contribution in [2.45, 2.75) is 26.8 Å². The zero-order valence-electron chi connectivity index (χ0n) is 15.0. The van der Waals surface area contributed by atoms with Crippen molar-refractivity contribution in [3.05, 3.63) is 30.0 Å². The molecule has 26 heavy (non-hydrogen) atoms. The molecule has 1 amide bonds. The summed E-state index contributed by atoms with van der Waals surface area (Å²) < 4.78 is 5.58. The quantitative estimate of drug-likeness (QED) is 0.797. The maximum Gasteiger partial charge on any atom is 0.308 e. The molecule has 138 valence electrons. The molecule has 2 aromatic rings. The van der Waals surface area contributed by atoms with Crippen molar-refractivity contribution in [1.29, 1.82) is 0 Å². The first kappa shape index (κ1) is 18.1. The van der Waals surface area contributed by atoms with E-state index in [9.17, 15) is 19.5 Å². The number of carbonyl (C=O) groups excluding carboxylic acids is 2. The number of nitrogens with zero attached hydrogens (tertiary/aromatic N) is 1. The summed E-state index contributed by atoms with van der Waals surface area (Å²) in [6.07, 6.45) is 0. The van der Waals surface area contributed by atoms with Crippen molar-refractivity contribution in [2.24, 2.45) is 11.8 Å². The molecule has 1 aromatic heterocycles. The summed E-state index contributed by atoms with van der Waals surface area (Å²) in [7, 11) is 0. The second-order valence-electron chi connectivity index (χ2n) is 6.90. The fourth-order valence-corrected chi connectivity index (χ4v) is 3.45. The van der Waals surface area contributed by atoms with E-state index in [2.05, 4.69) is 5.32 Å². The van der Waals surface area contributed by atoms with Crippen LogP contribution in [0.3, 0.4) is 0 Å². The Balaban J connectivity index is 1.82. The molecule has 1 fully saturated rings. The van der Waals surface area contributed by atoms with E-state index < -0.39 is 17.9 Å². The maximum absolute atomic E-state index is 12.7. The predicted octanol–water partition coefficient (Wildman–Crippen LogP) is 2.61. The van der Waals surface area contributed by atoms with Crippen LogP contribution in [0.4, 0.5) is 5.69 Å². The van der Waals surface area contributed by atoms with Crippen LogP contribution < -0.4 is 5.32 Å². The number of likely N-dealkylation sites (tertiary alicyclic amines) is 1. The van der Waals surface area contributed by atoms with Gasteiger partial charge in [-0.1, -0.05) is 19.1 Å². The molecule has 0 spiro atoms. The first-order valence-corrected chi connectivity index (χ1v) is 8.59. The zero-order chi connectivity index (χ0) is 19.0. The van der Waals surface area contributed by atoms with Gasteiger partial charge in [0.25, 0.3) is 0 Å². The number of fused-ring (bicyclic) bond motifs is 1. The Labute approximate surface area is 151 Å². The number of carboxylic acids is 1. The number of anilines is 1. The molecule has 1 aliphatic rings. The SMILES string of the molecule is CC(=O)c1oc2ccccc2c1NC(=O)C(C)N1C[C@@H](C)[C@H](C(=O)O)C1. The van der Waals surface area contributed by atoms with Gasteiger partial charge in [0, 0.05) is 25.4 Å². The van der Waals surface area contributed by atoms with Crippen molar-refractivity contribution in [3.8, 4) is 0 Å². The number of amides is 1. The molecule has 3 atom stereocenters. The summed E-state index contributed by atoms with van der Waals surface area (Å²) in [6.45, 7) is 5.87. The van der Waals surface area contributed by atoms with Crippen molar-refractivity contribution in [1.82, 2.24) is 4.90 Å². The molecule has 0 aliphatic carbocycles. The van der Waals surface area contributed by atoms with Crippen LogP contribution in [0.5, 0.6) is 0 Å². The van der Waals surface area contributed by atoms with Crippen LogP contribution in [0.15, 0.2) is 28.7 Å². The van der Waals surface area contributed by atoms with Crippen molar-refractivity contribution in [2.75, 3.05) is 18.4 Å². The number of rotatable bonds is 5. The molecule has 3 rings (SSSR count). The van der Waals surface area contributed by atoms with Gasteiger partial charge in [-0.2, -0.15) is 0 Å². The van der Waals surface area contributed by atoms with E-state index in [1.54, 1.807) is 31.2 Å². The maximum atomic E-state index is 12.7. The van der Waals surface area contributed by atoms with Gasteiger partial charge in [0.15, 0.2) is 11.5 Å². The van der Waals surface area contributed by atoms with Crippen LogP contribution in [0, 0.1) is 11.8 Å². The van der Waals surface area contributed by atoms with Crippen LogP contribution in [0.25, 0.3) is 11.0 Å². The molecule has 0 radical (unpaired) electrons. The summed E-state index contributed by atoms with van der Waals surface area (Å²) in [5, 5.41) is 12.7. The monoisotopic (exact) mass is 358 g/mol. The number of furan rings is 1. The zero-order valence-corrected chi connectivity index (χ0v) is 15.0. The number of hydrogen-bond acceptors (Lipinski definition) is 5.